The minimum Gasteiger partial charge on any atom is -0.346 e. The number of aromatic nitrogens is 3. The molecule has 0 spiro atoms. The summed E-state index contributed by atoms with van der Waals surface area (Å²) in [4.78, 5) is 28.1. The normalized spacial score (nSPS) is 14.1. The summed E-state index contributed by atoms with van der Waals surface area (Å²) < 4.78 is 0. The van der Waals surface area contributed by atoms with Crippen LogP contribution in [-0.2, 0) is 5.75 Å². The van der Waals surface area contributed by atoms with E-state index in [0.29, 0.717) is 13.1 Å². The molecule has 0 fully saturated rings. The van der Waals surface area contributed by atoms with Crippen molar-refractivity contribution in [2.75, 3.05) is 13.1 Å². The van der Waals surface area contributed by atoms with E-state index in [1.807, 2.05) is 46.9 Å². The van der Waals surface area contributed by atoms with Gasteiger partial charge in [0.15, 0.2) is 0 Å². The third kappa shape index (κ3) is 3.78. The Kier molecular flexibility index (Phi) is 5.38. The fourth-order valence-corrected chi connectivity index (χ4v) is 5.33. The van der Waals surface area contributed by atoms with E-state index in [-0.39, 0.29) is 5.91 Å². The number of nitrogens with zero attached hydrogens (tertiary/aromatic N) is 3. The van der Waals surface area contributed by atoms with Crippen molar-refractivity contribution in [2.24, 2.45) is 0 Å². The molecule has 1 amide bonds. The Morgan fingerprint density at radius 2 is 2.13 bits per heavy atom. The van der Waals surface area contributed by atoms with E-state index < -0.39 is 0 Å². The summed E-state index contributed by atoms with van der Waals surface area (Å²) in [6.45, 7) is 1.33. The average Bonchev–Trinajstić information content (AvgIpc) is 3.47. The number of aromatic amines is 1. The lowest BCUT2D eigenvalue weighted by atomic mass is 9.99. The van der Waals surface area contributed by atoms with Gasteiger partial charge < -0.3 is 9.88 Å². The molecule has 3 aromatic heterocycles. The van der Waals surface area contributed by atoms with Gasteiger partial charge in [0.2, 0.25) is 0 Å². The summed E-state index contributed by atoms with van der Waals surface area (Å²) in [5.41, 5.74) is 7.01. The number of fused-ring (bicyclic) bond motifs is 1. The summed E-state index contributed by atoms with van der Waals surface area (Å²) in [5.74, 6) is 0.860. The van der Waals surface area contributed by atoms with Gasteiger partial charge in [0.05, 0.1) is 16.8 Å². The van der Waals surface area contributed by atoms with Crippen molar-refractivity contribution in [1.29, 1.82) is 0 Å². The second kappa shape index (κ2) is 8.45. The highest BCUT2D eigenvalue weighted by Gasteiger charge is 2.22. The van der Waals surface area contributed by atoms with E-state index in [0.717, 1.165) is 39.4 Å². The molecule has 150 valence electrons. The van der Waals surface area contributed by atoms with E-state index in [9.17, 15) is 4.79 Å². The van der Waals surface area contributed by atoms with Crippen LogP contribution in [0.25, 0.3) is 16.6 Å². The Balaban J connectivity index is 1.32. The highest BCUT2D eigenvalue weighted by molar-refractivity contribution is 7.98. The van der Waals surface area contributed by atoms with Crippen LogP contribution >= 0.6 is 23.1 Å². The first-order valence-corrected chi connectivity index (χ1v) is 11.7. The Bertz CT molecular complexity index is 1210. The van der Waals surface area contributed by atoms with Crippen LogP contribution in [0.5, 0.6) is 0 Å². The third-order valence-electron chi connectivity index (χ3n) is 5.27. The van der Waals surface area contributed by atoms with Gasteiger partial charge >= 0.3 is 0 Å². The molecule has 1 N–H and O–H groups in total. The lowest BCUT2D eigenvalue weighted by Crippen LogP contribution is -2.34. The van der Waals surface area contributed by atoms with Crippen molar-refractivity contribution < 1.29 is 4.79 Å². The highest BCUT2D eigenvalue weighted by atomic mass is 32.2. The van der Waals surface area contributed by atoms with Gasteiger partial charge in [-0.05, 0) is 36.3 Å². The number of nitrogens with one attached hydrogen (secondary N) is 1. The maximum Gasteiger partial charge on any atom is 0.255 e. The Hall–Kier alpha value is -2.90. The maximum atomic E-state index is 13.2. The molecule has 0 saturated heterocycles. The van der Waals surface area contributed by atoms with Crippen molar-refractivity contribution in [2.45, 2.75) is 17.1 Å². The number of hydrogen-bond acceptors (Lipinski definition) is 5. The van der Waals surface area contributed by atoms with E-state index in [1.165, 1.54) is 11.1 Å². The maximum absolute atomic E-state index is 13.2. The number of amides is 1. The van der Waals surface area contributed by atoms with Crippen LogP contribution in [0.4, 0.5) is 0 Å². The smallest absolute Gasteiger partial charge is 0.255 e. The average molecular weight is 433 g/mol. The van der Waals surface area contributed by atoms with Gasteiger partial charge in [0, 0.05) is 52.5 Å². The molecule has 0 bridgehead atoms. The zero-order valence-corrected chi connectivity index (χ0v) is 17.9. The zero-order chi connectivity index (χ0) is 20.3. The van der Waals surface area contributed by atoms with E-state index >= 15 is 0 Å². The van der Waals surface area contributed by atoms with E-state index in [2.05, 4.69) is 32.5 Å². The molecule has 7 heteroatoms. The topological polar surface area (TPSA) is 61.9 Å². The molecule has 5 rings (SSSR count). The number of carbonyl (C=O) groups is 1. The fraction of sp³-hybridized carbons (Fsp3) is 0.174. The first-order chi connectivity index (χ1) is 14.8. The number of rotatable bonds is 5. The molecule has 0 saturated carbocycles. The summed E-state index contributed by atoms with van der Waals surface area (Å²) in [6.07, 6.45) is 6.82. The van der Waals surface area contributed by atoms with Crippen LogP contribution in [-0.4, -0.2) is 38.8 Å². The predicted octanol–water partition coefficient (Wildman–Crippen LogP) is 5.24. The van der Waals surface area contributed by atoms with Crippen LogP contribution in [0.15, 0.2) is 70.7 Å². The van der Waals surface area contributed by atoms with Crippen molar-refractivity contribution >= 4 is 45.6 Å². The van der Waals surface area contributed by atoms with Crippen LogP contribution in [0.3, 0.4) is 0 Å². The second-order valence-electron chi connectivity index (χ2n) is 7.10. The van der Waals surface area contributed by atoms with Gasteiger partial charge in [-0.1, -0.05) is 18.2 Å². The Labute approximate surface area is 182 Å². The monoisotopic (exact) mass is 432 g/mol. The molecule has 0 aliphatic carbocycles. The molecule has 5 nitrogen and oxygen atoms in total. The van der Waals surface area contributed by atoms with Gasteiger partial charge in [-0.15, -0.1) is 23.1 Å². The molecule has 1 aromatic carbocycles. The molecule has 0 unspecified atom stereocenters. The van der Waals surface area contributed by atoms with E-state index in [4.69, 9.17) is 0 Å². The summed E-state index contributed by atoms with van der Waals surface area (Å²) >= 11 is 3.26. The number of pyridine rings is 1. The lowest BCUT2D eigenvalue weighted by Gasteiger charge is -2.27. The number of thiazole rings is 1. The van der Waals surface area contributed by atoms with Gasteiger partial charge in [-0.3, -0.25) is 4.79 Å². The Morgan fingerprint density at radius 1 is 1.20 bits per heavy atom. The molecule has 4 aromatic rings. The quantitative estimate of drug-likeness (QED) is 0.438. The van der Waals surface area contributed by atoms with Gasteiger partial charge in [0.1, 0.15) is 5.65 Å². The van der Waals surface area contributed by atoms with Gasteiger partial charge in [-0.25, -0.2) is 9.97 Å². The SMILES string of the molecule is O=C(c1ccccc1SCc1cscn1)N1CC=C(c2c[nH]c3ncccc23)CC1. The summed E-state index contributed by atoms with van der Waals surface area (Å²) in [6, 6.07) is 11.9. The minimum absolute atomic E-state index is 0.0901. The van der Waals surface area contributed by atoms with E-state index in [1.54, 1.807) is 29.3 Å². The summed E-state index contributed by atoms with van der Waals surface area (Å²) in [7, 11) is 0. The number of carbonyl (C=O) groups excluding carboxylic acids is 1. The first-order valence-electron chi connectivity index (χ1n) is 9.79. The number of H-pyrrole nitrogens is 1. The van der Waals surface area contributed by atoms with Crippen molar-refractivity contribution in [1.82, 2.24) is 19.9 Å². The van der Waals surface area contributed by atoms with Gasteiger partial charge in [0.25, 0.3) is 5.91 Å². The highest BCUT2D eigenvalue weighted by Crippen LogP contribution is 2.31. The molecule has 0 radical (unpaired) electrons. The molecule has 30 heavy (non-hydrogen) atoms. The molecule has 0 atom stereocenters. The lowest BCUT2D eigenvalue weighted by molar-refractivity contribution is 0.0769. The van der Waals surface area contributed by atoms with Crippen molar-refractivity contribution in [3.05, 3.63) is 82.6 Å². The largest absolute Gasteiger partial charge is 0.346 e. The Morgan fingerprint density at radius 3 is 2.97 bits per heavy atom. The van der Waals surface area contributed by atoms with Crippen molar-refractivity contribution in [3.8, 4) is 0 Å². The zero-order valence-electron chi connectivity index (χ0n) is 16.2. The van der Waals surface area contributed by atoms with Crippen LogP contribution < -0.4 is 0 Å². The molecule has 1 aliphatic heterocycles. The molecule has 1 aliphatic rings. The van der Waals surface area contributed by atoms with Crippen LogP contribution in [0, 0.1) is 0 Å². The predicted molar refractivity (Wildman–Crippen MR) is 123 cm³/mol. The number of thioether (sulfide) groups is 1. The standard InChI is InChI=1S/C23H20N4OS2/c28-23(19-4-1-2-6-21(19)30-14-17-13-29-15-26-17)27-10-7-16(8-11-27)20-12-25-22-18(20)5-3-9-24-22/h1-7,9,12-13,15H,8,10-11,14H2,(H,24,25). The number of hydrogen-bond donors (Lipinski definition) is 1. The third-order valence-corrected chi connectivity index (χ3v) is 7.01. The molecular formula is C23H20N4OS2. The van der Waals surface area contributed by atoms with Crippen molar-refractivity contribution in [3.63, 3.8) is 0 Å². The summed E-state index contributed by atoms with van der Waals surface area (Å²) in [5, 5.41) is 3.18. The van der Waals surface area contributed by atoms with Crippen LogP contribution in [0.1, 0.15) is 28.0 Å². The molecule has 4 heterocycles. The minimum atomic E-state index is 0.0901. The number of benzene rings is 1. The first kappa shape index (κ1) is 19.1. The van der Waals surface area contributed by atoms with Crippen LogP contribution in [0.2, 0.25) is 0 Å². The van der Waals surface area contributed by atoms with Gasteiger partial charge in [-0.2, -0.15) is 0 Å². The second-order valence-corrected chi connectivity index (χ2v) is 8.83. The fourth-order valence-electron chi connectivity index (χ4n) is 3.72. The molecular weight excluding hydrogens is 412 g/mol.